The summed E-state index contributed by atoms with van der Waals surface area (Å²) in [4.78, 5) is 16.7. The lowest BCUT2D eigenvalue weighted by molar-refractivity contribution is 0.208. The minimum atomic E-state index is -0.0128. The minimum Gasteiger partial charge on any atom is -0.368 e. The number of hydrogen-bond donors (Lipinski definition) is 1. The van der Waals surface area contributed by atoms with Crippen LogP contribution in [0.3, 0.4) is 0 Å². The van der Waals surface area contributed by atoms with Crippen molar-refractivity contribution in [1.82, 2.24) is 4.90 Å². The Labute approximate surface area is 144 Å². The van der Waals surface area contributed by atoms with Crippen molar-refractivity contribution in [2.24, 2.45) is 0 Å². The standard InChI is InChI=1S/C20H25N3O/c1-15-6-4-8-18(14-15)21-20(24)23-12-10-22(11-13-23)19-9-5-7-16(2)17(19)3/h4-9,14H,10-13H2,1-3H3,(H,21,24). The summed E-state index contributed by atoms with van der Waals surface area (Å²) >= 11 is 0. The zero-order valence-corrected chi connectivity index (χ0v) is 14.7. The van der Waals surface area contributed by atoms with E-state index in [1.807, 2.05) is 36.1 Å². The lowest BCUT2D eigenvalue weighted by Gasteiger charge is -2.37. The van der Waals surface area contributed by atoms with E-state index in [0.717, 1.165) is 37.4 Å². The summed E-state index contributed by atoms with van der Waals surface area (Å²) in [6, 6.07) is 14.3. The molecule has 0 radical (unpaired) electrons. The van der Waals surface area contributed by atoms with Crippen LogP contribution in [0.2, 0.25) is 0 Å². The number of piperazine rings is 1. The van der Waals surface area contributed by atoms with Gasteiger partial charge in [-0.05, 0) is 55.7 Å². The molecule has 0 spiro atoms. The molecule has 2 aromatic carbocycles. The molecular weight excluding hydrogens is 298 g/mol. The highest BCUT2D eigenvalue weighted by atomic mass is 16.2. The van der Waals surface area contributed by atoms with Gasteiger partial charge in [0.2, 0.25) is 0 Å². The normalized spacial score (nSPS) is 14.6. The zero-order chi connectivity index (χ0) is 17.1. The van der Waals surface area contributed by atoms with Gasteiger partial charge in [-0.1, -0.05) is 24.3 Å². The van der Waals surface area contributed by atoms with Crippen LogP contribution in [-0.4, -0.2) is 37.1 Å². The molecule has 0 aliphatic carbocycles. The molecule has 126 valence electrons. The Balaban J connectivity index is 1.60. The van der Waals surface area contributed by atoms with E-state index in [1.165, 1.54) is 16.8 Å². The Hall–Kier alpha value is -2.49. The molecule has 0 unspecified atom stereocenters. The number of carbonyl (C=O) groups excluding carboxylic acids is 1. The summed E-state index contributed by atoms with van der Waals surface area (Å²) in [5.41, 5.74) is 5.93. The van der Waals surface area contributed by atoms with E-state index >= 15 is 0 Å². The number of nitrogens with one attached hydrogen (secondary N) is 1. The maximum absolute atomic E-state index is 12.4. The molecule has 4 heteroatoms. The van der Waals surface area contributed by atoms with Crippen LogP contribution >= 0.6 is 0 Å². The van der Waals surface area contributed by atoms with Crippen molar-refractivity contribution in [1.29, 1.82) is 0 Å². The number of carbonyl (C=O) groups is 1. The molecule has 0 aromatic heterocycles. The molecule has 0 bridgehead atoms. The summed E-state index contributed by atoms with van der Waals surface area (Å²) < 4.78 is 0. The van der Waals surface area contributed by atoms with Gasteiger partial charge in [-0.2, -0.15) is 0 Å². The number of urea groups is 1. The molecule has 1 heterocycles. The van der Waals surface area contributed by atoms with Crippen LogP contribution in [-0.2, 0) is 0 Å². The van der Waals surface area contributed by atoms with Crippen molar-refractivity contribution in [3.8, 4) is 0 Å². The second-order valence-corrected chi connectivity index (χ2v) is 6.49. The fraction of sp³-hybridized carbons (Fsp3) is 0.350. The van der Waals surface area contributed by atoms with Gasteiger partial charge in [-0.25, -0.2) is 4.79 Å². The van der Waals surface area contributed by atoms with Gasteiger partial charge in [0.1, 0.15) is 0 Å². The Morgan fingerprint density at radius 3 is 2.38 bits per heavy atom. The third-order valence-corrected chi connectivity index (χ3v) is 4.75. The number of amides is 2. The number of rotatable bonds is 2. The third kappa shape index (κ3) is 3.53. The van der Waals surface area contributed by atoms with Gasteiger partial charge >= 0.3 is 6.03 Å². The van der Waals surface area contributed by atoms with E-state index in [9.17, 15) is 4.79 Å². The maximum atomic E-state index is 12.4. The summed E-state index contributed by atoms with van der Waals surface area (Å²) in [5.74, 6) is 0. The molecule has 3 rings (SSSR count). The first-order valence-corrected chi connectivity index (χ1v) is 8.48. The Morgan fingerprint density at radius 1 is 0.958 bits per heavy atom. The third-order valence-electron chi connectivity index (χ3n) is 4.75. The van der Waals surface area contributed by atoms with E-state index in [1.54, 1.807) is 0 Å². The van der Waals surface area contributed by atoms with Crippen LogP contribution in [0.1, 0.15) is 16.7 Å². The van der Waals surface area contributed by atoms with Gasteiger partial charge < -0.3 is 15.1 Å². The number of aryl methyl sites for hydroxylation is 2. The van der Waals surface area contributed by atoms with Gasteiger partial charge in [0, 0.05) is 37.6 Å². The van der Waals surface area contributed by atoms with Crippen molar-refractivity contribution < 1.29 is 4.79 Å². The van der Waals surface area contributed by atoms with Gasteiger partial charge in [-0.15, -0.1) is 0 Å². The molecule has 2 aromatic rings. The maximum Gasteiger partial charge on any atom is 0.321 e. The van der Waals surface area contributed by atoms with Crippen molar-refractivity contribution >= 4 is 17.4 Å². The van der Waals surface area contributed by atoms with E-state index in [2.05, 4.69) is 42.3 Å². The smallest absolute Gasteiger partial charge is 0.321 e. The van der Waals surface area contributed by atoms with Crippen LogP contribution < -0.4 is 10.2 Å². The van der Waals surface area contributed by atoms with E-state index in [0.29, 0.717) is 0 Å². The first-order valence-electron chi connectivity index (χ1n) is 8.48. The monoisotopic (exact) mass is 323 g/mol. The molecule has 4 nitrogen and oxygen atoms in total. The summed E-state index contributed by atoms with van der Waals surface area (Å²) in [6.07, 6.45) is 0. The predicted molar refractivity (Wildman–Crippen MR) is 99.9 cm³/mol. The second-order valence-electron chi connectivity index (χ2n) is 6.49. The van der Waals surface area contributed by atoms with Gasteiger partial charge in [0.05, 0.1) is 0 Å². The van der Waals surface area contributed by atoms with Gasteiger partial charge in [0.15, 0.2) is 0 Å². The summed E-state index contributed by atoms with van der Waals surface area (Å²) in [7, 11) is 0. The fourth-order valence-electron chi connectivity index (χ4n) is 3.15. The van der Waals surface area contributed by atoms with Crippen molar-refractivity contribution in [2.75, 3.05) is 36.4 Å². The van der Waals surface area contributed by atoms with Crippen LogP contribution in [0.4, 0.5) is 16.2 Å². The number of anilines is 2. The lowest BCUT2D eigenvalue weighted by Crippen LogP contribution is -2.50. The highest BCUT2D eigenvalue weighted by molar-refractivity contribution is 5.89. The average Bonchev–Trinajstić information content (AvgIpc) is 2.57. The molecule has 1 saturated heterocycles. The van der Waals surface area contributed by atoms with Crippen LogP contribution in [0.15, 0.2) is 42.5 Å². The Kier molecular flexibility index (Phi) is 4.74. The number of nitrogens with zero attached hydrogens (tertiary/aromatic N) is 2. The summed E-state index contributed by atoms with van der Waals surface area (Å²) in [6.45, 7) is 9.55. The van der Waals surface area contributed by atoms with Gasteiger partial charge in [-0.3, -0.25) is 0 Å². The molecule has 1 aliphatic rings. The van der Waals surface area contributed by atoms with E-state index < -0.39 is 0 Å². The van der Waals surface area contributed by atoms with E-state index in [-0.39, 0.29) is 6.03 Å². The Morgan fingerprint density at radius 2 is 1.67 bits per heavy atom. The molecular formula is C20H25N3O. The van der Waals surface area contributed by atoms with Crippen molar-refractivity contribution in [2.45, 2.75) is 20.8 Å². The molecule has 2 amide bonds. The quantitative estimate of drug-likeness (QED) is 0.908. The van der Waals surface area contributed by atoms with Crippen molar-refractivity contribution in [3.63, 3.8) is 0 Å². The highest BCUT2D eigenvalue weighted by Gasteiger charge is 2.22. The predicted octanol–water partition coefficient (Wildman–Crippen LogP) is 3.97. The first-order chi connectivity index (χ1) is 11.5. The topological polar surface area (TPSA) is 35.6 Å². The molecule has 1 aliphatic heterocycles. The fourth-order valence-corrected chi connectivity index (χ4v) is 3.15. The summed E-state index contributed by atoms with van der Waals surface area (Å²) in [5, 5.41) is 3.00. The zero-order valence-electron chi connectivity index (χ0n) is 14.7. The molecule has 0 atom stereocenters. The van der Waals surface area contributed by atoms with E-state index in [4.69, 9.17) is 0 Å². The van der Waals surface area contributed by atoms with Crippen molar-refractivity contribution in [3.05, 3.63) is 59.2 Å². The van der Waals surface area contributed by atoms with Gasteiger partial charge in [0.25, 0.3) is 0 Å². The number of hydrogen-bond acceptors (Lipinski definition) is 2. The molecule has 24 heavy (non-hydrogen) atoms. The molecule has 1 fully saturated rings. The lowest BCUT2D eigenvalue weighted by atomic mass is 10.1. The molecule has 1 N–H and O–H groups in total. The second kappa shape index (κ2) is 6.95. The largest absolute Gasteiger partial charge is 0.368 e. The SMILES string of the molecule is Cc1cccc(NC(=O)N2CCN(c3cccc(C)c3C)CC2)c1. The molecule has 0 saturated carbocycles. The van der Waals surface area contributed by atoms with Crippen LogP contribution in [0, 0.1) is 20.8 Å². The number of benzene rings is 2. The first kappa shape index (κ1) is 16.4. The average molecular weight is 323 g/mol. The Bertz CT molecular complexity index is 733. The van der Waals surface area contributed by atoms with Crippen LogP contribution in [0.5, 0.6) is 0 Å². The van der Waals surface area contributed by atoms with Crippen LogP contribution in [0.25, 0.3) is 0 Å². The minimum absolute atomic E-state index is 0.0128. The highest BCUT2D eigenvalue weighted by Crippen LogP contribution is 2.24.